The molecule has 1 N–H and O–H groups in total. The third-order valence-electron chi connectivity index (χ3n) is 4.38. The molecule has 1 fully saturated rings. The summed E-state index contributed by atoms with van der Waals surface area (Å²) < 4.78 is 7.67. The fourth-order valence-corrected chi connectivity index (χ4v) is 3.40. The lowest BCUT2D eigenvalue weighted by Crippen LogP contribution is -2.43. The zero-order chi connectivity index (χ0) is 19.3. The Morgan fingerprint density at radius 3 is 2.58 bits per heavy atom. The molecule has 1 aliphatic heterocycles. The Morgan fingerprint density at radius 2 is 2.04 bits per heavy atom. The van der Waals surface area contributed by atoms with Gasteiger partial charge in [0.05, 0.1) is 6.20 Å². The Kier molecular flexibility index (Phi) is 7.08. The molecular formula is C18H29BrN4O3. The summed E-state index contributed by atoms with van der Waals surface area (Å²) >= 11 is 3.45. The van der Waals surface area contributed by atoms with Crippen LogP contribution in [0.15, 0.2) is 16.9 Å². The fourth-order valence-electron chi connectivity index (χ4n) is 2.94. The summed E-state index contributed by atoms with van der Waals surface area (Å²) in [5, 5.41) is 7.01. The lowest BCUT2D eigenvalue weighted by atomic mass is 9.98. The van der Waals surface area contributed by atoms with E-state index in [0.29, 0.717) is 18.9 Å². The van der Waals surface area contributed by atoms with Crippen LogP contribution in [-0.2, 0) is 9.53 Å². The smallest absolute Gasteiger partial charge is 0.407 e. The van der Waals surface area contributed by atoms with Gasteiger partial charge in [0.1, 0.15) is 16.2 Å². The van der Waals surface area contributed by atoms with Crippen LogP contribution < -0.4 is 5.32 Å². The summed E-state index contributed by atoms with van der Waals surface area (Å²) in [6.07, 6.45) is 3.67. The third kappa shape index (κ3) is 6.00. The molecule has 1 unspecified atom stereocenters. The summed E-state index contributed by atoms with van der Waals surface area (Å²) in [6.45, 7) is 9.55. The predicted octanol–water partition coefficient (Wildman–Crippen LogP) is 3.36. The number of amides is 2. The van der Waals surface area contributed by atoms with Crippen LogP contribution in [0.2, 0.25) is 0 Å². The maximum atomic E-state index is 13.1. The fraction of sp³-hybridized carbons (Fsp3) is 0.722. The molecule has 0 saturated carbocycles. The van der Waals surface area contributed by atoms with Crippen LogP contribution in [0.1, 0.15) is 53.0 Å². The number of piperidine rings is 1. The molecule has 1 aromatic heterocycles. The Hall–Kier alpha value is -1.57. The molecule has 2 rings (SSSR count). The van der Waals surface area contributed by atoms with E-state index in [1.54, 1.807) is 16.9 Å². The Bertz CT molecular complexity index is 618. The van der Waals surface area contributed by atoms with Crippen molar-refractivity contribution in [3.05, 3.63) is 16.9 Å². The summed E-state index contributed by atoms with van der Waals surface area (Å²) in [5.74, 6) is 0.704. The van der Waals surface area contributed by atoms with Gasteiger partial charge in [-0.25, -0.2) is 9.48 Å². The van der Waals surface area contributed by atoms with E-state index in [-0.39, 0.29) is 5.91 Å². The van der Waals surface area contributed by atoms with E-state index in [4.69, 9.17) is 4.74 Å². The highest BCUT2D eigenvalue weighted by atomic mass is 79.9. The van der Waals surface area contributed by atoms with Crippen molar-refractivity contribution in [3.63, 3.8) is 0 Å². The van der Waals surface area contributed by atoms with E-state index >= 15 is 0 Å². The Morgan fingerprint density at radius 1 is 1.38 bits per heavy atom. The van der Waals surface area contributed by atoms with Crippen LogP contribution in [-0.4, -0.2) is 51.9 Å². The van der Waals surface area contributed by atoms with Crippen molar-refractivity contribution in [2.75, 3.05) is 19.6 Å². The van der Waals surface area contributed by atoms with Crippen molar-refractivity contribution < 1.29 is 14.3 Å². The largest absolute Gasteiger partial charge is 0.444 e. The molecule has 1 aliphatic rings. The van der Waals surface area contributed by atoms with Gasteiger partial charge in [0.2, 0.25) is 5.91 Å². The van der Waals surface area contributed by atoms with Gasteiger partial charge < -0.3 is 15.0 Å². The lowest BCUT2D eigenvalue weighted by molar-refractivity contribution is -0.136. The zero-order valence-corrected chi connectivity index (χ0v) is 17.6. The van der Waals surface area contributed by atoms with Gasteiger partial charge in [-0.1, -0.05) is 6.92 Å². The number of ether oxygens (including phenoxy) is 1. The molecule has 0 radical (unpaired) electrons. The van der Waals surface area contributed by atoms with E-state index in [2.05, 4.69) is 33.3 Å². The van der Waals surface area contributed by atoms with Gasteiger partial charge >= 0.3 is 6.09 Å². The second-order valence-electron chi connectivity index (χ2n) is 7.84. The molecule has 0 spiro atoms. The van der Waals surface area contributed by atoms with Crippen molar-refractivity contribution >= 4 is 27.9 Å². The predicted molar refractivity (Wildman–Crippen MR) is 103 cm³/mol. The number of carbonyl (C=O) groups is 2. The molecule has 26 heavy (non-hydrogen) atoms. The molecule has 1 saturated heterocycles. The molecule has 2 heterocycles. The highest BCUT2D eigenvalue weighted by Crippen LogP contribution is 2.24. The normalized spacial score (nSPS) is 17.0. The minimum atomic E-state index is -0.547. The summed E-state index contributed by atoms with van der Waals surface area (Å²) in [6, 6.07) is 1.35. The summed E-state index contributed by atoms with van der Waals surface area (Å²) in [7, 11) is 0. The maximum absolute atomic E-state index is 13.1. The number of hydrogen-bond acceptors (Lipinski definition) is 4. The average Bonchev–Trinajstić information content (AvgIpc) is 2.96. The number of likely N-dealkylation sites (tertiary alicyclic amines) is 1. The van der Waals surface area contributed by atoms with Gasteiger partial charge in [0, 0.05) is 19.6 Å². The third-order valence-corrected chi connectivity index (χ3v) is 5.01. The van der Waals surface area contributed by atoms with Crippen molar-refractivity contribution in [1.29, 1.82) is 0 Å². The van der Waals surface area contributed by atoms with Gasteiger partial charge in [-0.2, -0.15) is 5.10 Å². The first-order valence-corrected chi connectivity index (χ1v) is 9.91. The Balaban J connectivity index is 2.00. The number of halogens is 1. The number of nitrogens with zero attached hydrogens (tertiary/aromatic N) is 3. The van der Waals surface area contributed by atoms with Crippen LogP contribution in [0.5, 0.6) is 0 Å². The molecule has 1 aromatic rings. The van der Waals surface area contributed by atoms with Gasteiger partial charge in [0.15, 0.2) is 0 Å². The van der Waals surface area contributed by atoms with Crippen LogP contribution in [0.3, 0.4) is 0 Å². The molecule has 2 amide bonds. The minimum absolute atomic E-state index is 0.0484. The minimum Gasteiger partial charge on any atom is -0.444 e. The number of alkyl carbamates (subject to hydrolysis) is 1. The van der Waals surface area contributed by atoms with Gasteiger partial charge in [-0.15, -0.1) is 0 Å². The number of rotatable bonds is 5. The summed E-state index contributed by atoms with van der Waals surface area (Å²) in [5.41, 5.74) is -0.547. The number of nitrogens with one attached hydrogen (secondary N) is 1. The van der Waals surface area contributed by atoms with E-state index in [1.807, 2.05) is 25.7 Å². The number of carbonyl (C=O) groups excluding carboxylic acids is 2. The van der Waals surface area contributed by atoms with Crippen molar-refractivity contribution in [2.24, 2.45) is 5.92 Å². The molecule has 0 aliphatic carbocycles. The molecule has 8 heteroatoms. The van der Waals surface area contributed by atoms with E-state index in [9.17, 15) is 9.59 Å². The molecule has 7 nitrogen and oxygen atoms in total. The standard InChI is InChI=1S/C18H29BrN4O3/c1-13-7-11-22(12-8-13)16(24)14(23-15(19)6-10-21-23)5-9-20-17(25)26-18(2,3)4/h6,10,13-14H,5,7-9,11-12H2,1-4H3,(H,20,25). The monoisotopic (exact) mass is 428 g/mol. The first kappa shape index (κ1) is 20.7. The maximum Gasteiger partial charge on any atom is 0.407 e. The first-order chi connectivity index (χ1) is 12.2. The van der Waals surface area contributed by atoms with Gasteiger partial charge in [-0.05, 0) is 67.9 Å². The van der Waals surface area contributed by atoms with Crippen molar-refractivity contribution in [3.8, 4) is 0 Å². The van der Waals surface area contributed by atoms with E-state index in [0.717, 1.165) is 30.5 Å². The molecule has 146 valence electrons. The molecular weight excluding hydrogens is 400 g/mol. The molecule has 1 atom stereocenters. The summed E-state index contributed by atoms with van der Waals surface area (Å²) in [4.78, 5) is 26.8. The van der Waals surface area contributed by atoms with Crippen LogP contribution >= 0.6 is 15.9 Å². The van der Waals surface area contributed by atoms with Crippen LogP contribution in [0.25, 0.3) is 0 Å². The highest BCUT2D eigenvalue weighted by molar-refractivity contribution is 9.10. The number of hydrogen-bond donors (Lipinski definition) is 1. The quantitative estimate of drug-likeness (QED) is 0.779. The van der Waals surface area contributed by atoms with Gasteiger partial charge in [0.25, 0.3) is 0 Å². The van der Waals surface area contributed by atoms with Crippen LogP contribution in [0.4, 0.5) is 4.79 Å². The van der Waals surface area contributed by atoms with Crippen LogP contribution in [0, 0.1) is 5.92 Å². The topological polar surface area (TPSA) is 76.5 Å². The van der Waals surface area contributed by atoms with E-state index in [1.165, 1.54) is 0 Å². The average molecular weight is 429 g/mol. The first-order valence-electron chi connectivity index (χ1n) is 9.12. The SMILES string of the molecule is CC1CCN(C(=O)C(CCNC(=O)OC(C)(C)C)n2nccc2Br)CC1. The van der Waals surface area contributed by atoms with Gasteiger partial charge in [-0.3, -0.25) is 4.79 Å². The molecule has 0 bridgehead atoms. The van der Waals surface area contributed by atoms with Crippen molar-refractivity contribution in [1.82, 2.24) is 20.0 Å². The van der Waals surface area contributed by atoms with E-state index < -0.39 is 17.7 Å². The lowest BCUT2D eigenvalue weighted by Gasteiger charge is -2.33. The van der Waals surface area contributed by atoms with Crippen molar-refractivity contribution in [2.45, 2.75) is 58.6 Å². The zero-order valence-electron chi connectivity index (χ0n) is 16.0. The number of aromatic nitrogens is 2. The highest BCUT2D eigenvalue weighted by Gasteiger charge is 2.30. The molecule has 0 aromatic carbocycles. The second kappa shape index (κ2) is 8.88. The Labute approximate surface area is 163 Å². The second-order valence-corrected chi connectivity index (χ2v) is 8.65.